The smallest absolute Gasteiger partial charge is 0.268 e. The Hall–Kier alpha value is -2.88. The van der Waals surface area contributed by atoms with Gasteiger partial charge in [-0.2, -0.15) is 0 Å². The third-order valence-electron chi connectivity index (χ3n) is 4.54. The van der Waals surface area contributed by atoms with Crippen molar-refractivity contribution in [1.82, 2.24) is 0 Å². The molecule has 0 unspecified atom stereocenters. The zero-order chi connectivity index (χ0) is 24.3. The SMILES string of the molecule is COc1ccc(C)cc1S(=O)(=O)N(CC(=O)Nc1c(F)cccc1F)c1cc(Cl)cc(Cl)c1. The molecule has 0 saturated carbocycles. The van der Waals surface area contributed by atoms with Gasteiger partial charge in [0.1, 0.15) is 34.5 Å². The minimum atomic E-state index is -4.42. The fraction of sp³-hybridized carbons (Fsp3) is 0.136. The summed E-state index contributed by atoms with van der Waals surface area (Å²) in [7, 11) is -3.11. The number of halogens is 4. The van der Waals surface area contributed by atoms with Crippen LogP contribution in [0.5, 0.6) is 5.75 Å². The number of rotatable bonds is 7. The standard InChI is InChI=1S/C22H18Cl2F2N2O4S/c1-13-6-7-19(32-2)20(8-13)33(30,31)28(16-10-14(23)9-15(24)11-16)12-21(29)27-22-17(25)4-3-5-18(22)26/h3-11H,12H2,1-2H3,(H,27,29). The summed E-state index contributed by atoms with van der Waals surface area (Å²) in [5.74, 6) is -2.97. The summed E-state index contributed by atoms with van der Waals surface area (Å²) in [6, 6.07) is 11.5. The molecule has 0 spiro atoms. The number of hydrogen-bond donors (Lipinski definition) is 1. The Morgan fingerprint density at radius 3 is 2.21 bits per heavy atom. The Balaban J connectivity index is 2.09. The van der Waals surface area contributed by atoms with Gasteiger partial charge in [0, 0.05) is 10.0 Å². The molecule has 0 aliphatic rings. The molecule has 0 aromatic heterocycles. The third kappa shape index (κ3) is 5.55. The number of aryl methyl sites for hydroxylation is 1. The van der Waals surface area contributed by atoms with Crippen LogP contribution in [-0.4, -0.2) is 28.0 Å². The highest BCUT2D eigenvalue weighted by Gasteiger charge is 2.31. The number of nitrogens with one attached hydrogen (secondary N) is 1. The van der Waals surface area contributed by atoms with Gasteiger partial charge >= 0.3 is 0 Å². The number of anilines is 2. The fourth-order valence-electron chi connectivity index (χ4n) is 3.03. The molecule has 0 aliphatic heterocycles. The van der Waals surface area contributed by atoms with Gasteiger partial charge in [0.25, 0.3) is 10.0 Å². The lowest BCUT2D eigenvalue weighted by Gasteiger charge is -2.25. The Bertz CT molecular complexity index is 1280. The Morgan fingerprint density at radius 2 is 1.64 bits per heavy atom. The van der Waals surface area contributed by atoms with Crippen LogP contribution < -0.4 is 14.4 Å². The van der Waals surface area contributed by atoms with E-state index in [9.17, 15) is 22.0 Å². The first kappa shape index (κ1) is 24.8. The molecule has 3 aromatic rings. The highest BCUT2D eigenvalue weighted by atomic mass is 35.5. The molecule has 0 fully saturated rings. The van der Waals surface area contributed by atoms with Crippen LogP contribution in [0.2, 0.25) is 10.0 Å². The van der Waals surface area contributed by atoms with Crippen molar-refractivity contribution in [3.63, 3.8) is 0 Å². The van der Waals surface area contributed by atoms with Gasteiger partial charge in [-0.25, -0.2) is 17.2 Å². The van der Waals surface area contributed by atoms with Crippen molar-refractivity contribution in [3.8, 4) is 5.75 Å². The summed E-state index contributed by atoms with van der Waals surface area (Å²) in [6.07, 6.45) is 0. The molecule has 33 heavy (non-hydrogen) atoms. The molecule has 0 saturated heterocycles. The minimum absolute atomic E-state index is 0.0276. The first-order valence-corrected chi connectivity index (χ1v) is 11.6. The molecule has 6 nitrogen and oxygen atoms in total. The average molecular weight is 515 g/mol. The second-order valence-electron chi connectivity index (χ2n) is 6.94. The van der Waals surface area contributed by atoms with Gasteiger partial charge in [0.2, 0.25) is 5.91 Å². The second-order valence-corrected chi connectivity index (χ2v) is 9.64. The normalized spacial score (nSPS) is 11.2. The zero-order valence-electron chi connectivity index (χ0n) is 17.4. The van der Waals surface area contributed by atoms with E-state index in [4.69, 9.17) is 27.9 Å². The van der Waals surface area contributed by atoms with Crippen LogP contribution >= 0.6 is 23.2 Å². The maximum atomic E-state index is 14.0. The van der Waals surface area contributed by atoms with Crippen molar-refractivity contribution < 1.29 is 26.7 Å². The van der Waals surface area contributed by atoms with Gasteiger partial charge in [-0.3, -0.25) is 9.10 Å². The number of sulfonamides is 1. The number of para-hydroxylation sites is 1. The molecule has 3 aromatic carbocycles. The Kier molecular flexibility index (Phi) is 7.46. The van der Waals surface area contributed by atoms with E-state index < -0.39 is 39.8 Å². The summed E-state index contributed by atoms with van der Waals surface area (Å²) >= 11 is 12.1. The number of carbonyl (C=O) groups is 1. The molecule has 0 aliphatic carbocycles. The van der Waals surface area contributed by atoms with E-state index in [1.54, 1.807) is 13.0 Å². The number of methoxy groups -OCH3 is 1. The molecule has 1 amide bonds. The summed E-state index contributed by atoms with van der Waals surface area (Å²) in [6.45, 7) is 0.858. The van der Waals surface area contributed by atoms with Crippen molar-refractivity contribution in [1.29, 1.82) is 0 Å². The van der Waals surface area contributed by atoms with Gasteiger partial charge in [0.15, 0.2) is 0 Å². The molecular weight excluding hydrogens is 497 g/mol. The minimum Gasteiger partial charge on any atom is -0.495 e. The number of hydrogen-bond acceptors (Lipinski definition) is 4. The molecule has 1 N–H and O–H groups in total. The summed E-state index contributed by atoms with van der Waals surface area (Å²) in [5.41, 5.74) is -0.103. The summed E-state index contributed by atoms with van der Waals surface area (Å²) < 4.78 is 61.2. The van der Waals surface area contributed by atoms with Gasteiger partial charge in [-0.1, -0.05) is 35.3 Å². The largest absolute Gasteiger partial charge is 0.495 e. The van der Waals surface area contributed by atoms with Crippen LogP contribution in [0.1, 0.15) is 5.56 Å². The lowest BCUT2D eigenvalue weighted by Crippen LogP contribution is -2.38. The second kappa shape index (κ2) is 9.94. The van der Waals surface area contributed by atoms with Crippen molar-refractivity contribution >= 4 is 50.5 Å². The lowest BCUT2D eigenvalue weighted by molar-refractivity contribution is -0.114. The van der Waals surface area contributed by atoms with E-state index in [0.29, 0.717) is 5.56 Å². The Morgan fingerprint density at radius 1 is 1.03 bits per heavy atom. The average Bonchev–Trinajstić information content (AvgIpc) is 2.74. The molecule has 0 heterocycles. The van der Waals surface area contributed by atoms with E-state index >= 15 is 0 Å². The highest BCUT2D eigenvalue weighted by molar-refractivity contribution is 7.93. The van der Waals surface area contributed by atoms with Crippen molar-refractivity contribution in [3.05, 3.63) is 81.8 Å². The van der Waals surface area contributed by atoms with E-state index in [0.717, 1.165) is 22.5 Å². The van der Waals surface area contributed by atoms with E-state index in [-0.39, 0.29) is 26.4 Å². The fourth-order valence-corrected chi connectivity index (χ4v) is 5.19. The molecular formula is C22H18Cl2F2N2O4S. The van der Waals surface area contributed by atoms with E-state index in [1.807, 2.05) is 0 Å². The number of benzene rings is 3. The third-order valence-corrected chi connectivity index (χ3v) is 6.77. The monoisotopic (exact) mass is 514 g/mol. The molecule has 0 bridgehead atoms. The number of carbonyl (C=O) groups excluding carboxylic acids is 1. The highest BCUT2D eigenvalue weighted by Crippen LogP contribution is 2.33. The predicted octanol–water partition coefficient (Wildman–Crippen LogP) is 5.42. The van der Waals surface area contributed by atoms with Gasteiger partial charge < -0.3 is 10.1 Å². The van der Waals surface area contributed by atoms with E-state index in [1.165, 1.54) is 37.4 Å². The van der Waals surface area contributed by atoms with Crippen molar-refractivity contribution in [2.75, 3.05) is 23.3 Å². The van der Waals surface area contributed by atoms with Gasteiger partial charge in [-0.05, 0) is 55.0 Å². The van der Waals surface area contributed by atoms with Crippen LogP contribution in [-0.2, 0) is 14.8 Å². The first-order chi connectivity index (χ1) is 15.5. The van der Waals surface area contributed by atoms with E-state index in [2.05, 4.69) is 5.32 Å². The maximum Gasteiger partial charge on any atom is 0.268 e. The molecule has 0 radical (unpaired) electrons. The predicted molar refractivity (Wildman–Crippen MR) is 124 cm³/mol. The molecule has 11 heteroatoms. The quantitative estimate of drug-likeness (QED) is 0.456. The van der Waals surface area contributed by atoms with Crippen molar-refractivity contribution in [2.24, 2.45) is 0 Å². The first-order valence-electron chi connectivity index (χ1n) is 9.40. The maximum absolute atomic E-state index is 14.0. The number of amides is 1. The Labute approximate surface area is 199 Å². The van der Waals surface area contributed by atoms with Crippen LogP contribution in [0.4, 0.5) is 20.2 Å². The summed E-state index contributed by atoms with van der Waals surface area (Å²) in [4.78, 5) is 12.5. The zero-order valence-corrected chi connectivity index (χ0v) is 19.7. The summed E-state index contributed by atoms with van der Waals surface area (Å²) in [5, 5.41) is 2.32. The van der Waals surface area contributed by atoms with Crippen molar-refractivity contribution in [2.45, 2.75) is 11.8 Å². The van der Waals surface area contributed by atoms with Crippen LogP contribution in [0.15, 0.2) is 59.5 Å². The molecule has 3 rings (SSSR count). The topological polar surface area (TPSA) is 75.7 Å². The number of nitrogens with zero attached hydrogens (tertiary/aromatic N) is 1. The van der Waals surface area contributed by atoms with Crippen LogP contribution in [0, 0.1) is 18.6 Å². The van der Waals surface area contributed by atoms with Crippen LogP contribution in [0.3, 0.4) is 0 Å². The van der Waals surface area contributed by atoms with Gasteiger partial charge in [-0.15, -0.1) is 0 Å². The molecule has 174 valence electrons. The lowest BCUT2D eigenvalue weighted by atomic mass is 10.2. The van der Waals surface area contributed by atoms with Crippen LogP contribution in [0.25, 0.3) is 0 Å². The molecule has 0 atom stereocenters. The van der Waals surface area contributed by atoms with Gasteiger partial charge in [0.05, 0.1) is 12.8 Å². The number of ether oxygens (including phenoxy) is 1.